The Hall–Kier alpha value is -0.770. The standard InChI is InChI=1S/C12H25N3O/c1-9(2)11-5-4-7-15(8-6-11)10(3)12(13)14-16/h9-11,16H,4-8H2,1-3H3,(H2,13,14). The van der Waals surface area contributed by atoms with Crippen molar-refractivity contribution in [3.05, 3.63) is 0 Å². The minimum atomic E-state index is 0.0518. The first kappa shape index (κ1) is 13.3. The number of hydrogen-bond acceptors (Lipinski definition) is 3. The van der Waals surface area contributed by atoms with Crippen LogP contribution in [0.2, 0.25) is 0 Å². The molecule has 1 fully saturated rings. The lowest BCUT2D eigenvalue weighted by atomic mass is 9.89. The fourth-order valence-electron chi connectivity index (χ4n) is 2.47. The molecule has 4 heteroatoms. The van der Waals surface area contributed by atoms with Gasteiger partial charge >= 0.3 is 0 Å². The zero-order valence-corrected chi connectivity index (χ0v) is 10.7. The van der Waals surface area contributed by atoms with Gasteiger partial charge in [0.05, 0.1) is 6.04 Å². The quantitative estimate of drug-likeness (QED) is 0.335. The van der Waals surface area contributed by atoms with Crippen LogP contribution < -0.4 is 5.73 Å². The number of rotatable bonds is 3. The van der Waals surface area contributed by atoms with Crippen LogP contribution in [0.15, 0.2) is 5.16 Å². The molecule has 0 aromatic carbocycles. The Balaban J connectivity index is 2.53. The largest absolute Gasteiger partial charge is 0.409 e. The first-order chi connectivity index (χ1) is 7.56. The molecule has 1 heterocycles. The summed E-state index contributed by atoms with van der Waals surface area (Å²) < 4.78 is 0. The summed E-state index contributed by atoms with van der Waals surface area (Å²) in [6, 6.07) is 0.0518. The van der Waals surface area contributed by atoms with Gasteiger partial charge in [-0.25, -0.2) is 0 Å². The molecule has 1 saturated heterocycles. The maximum atomic E-state index is 8.68. The van der Waals surface area contributed by atoms with Gasteiger partial charge < -0.3 is 10.9 Å². The Kier molecular flexibility index (Phi) is 5.06. The third-order valence-corrected chi connectivity index (χ3v) is 3.84. The van der Waals surface area contributed by atoms with Crippen molar-refractivity contribution in [2.75, 3.05) is 13.1 Å². The van der Waals surface area contributed by atoms with E-state index in [0.717, 1.165) is 24.9 Å². The zero-order valence-electron chi connectivity index (χ0n) is 10.7. The Morgan fingerprint density at radius 2 is 2.00 bits per heavy atom. The maximum absolute atomic E-state index is 8.68. The predicted molar refractivity (Wildman–Crippen MR) is 66.6 cm³/mol. The Morgan fingerprint density at radius 3 is 2.56 bits per heavy atom. The van der Waals surface area contributed by atoms with Crippen LogP contribution in [0.5, 0.6) is 0 Å². The number of amidine groups is 1. The summed E-state index contributed by atoms with van der Waals surface area (Å²) in [6.45, 7) is 8.71. The van der Waals surface area contributed by atoms with Gasteiger partial charge in [0.25, 0.3) is 0 Å². The number of nitrogens with zero attached hydrogens (tertiary/aromatic N) is 2. The van der Waals surface area contributed by atoms with E-state index in [-0.39, 0.29) is 6.04 Å². The molecule has 1 aliphatic heterocycles. The van der Waals surface area contributed by atoms with Crippen LogP contribution in [0.3, 0.4) is 0 Å². The SMILES string of the molecule is CC(C)C1CCCN(C(C)C(N)=NO)CC1. The van der Waals surface area contributed by atoms with Gasteiger partial charge in [-0.1, -0.05) is 19.0 Å². The van der Waals surface area contributed by atoms with E-state index >= 15 is 0 Å². The predicted octanol–water partition coefficient (Wildman–Crippen LogP) is 1.88. The molecule has 0 spiro atoms. The second kappa shape index (κ2) is 6.09. The summed E-state index contributed by atoms with van der Waals surface area (Å²) in [6.07, 6.45) is 3.74. The molecular weight excluding hydrogens is 202 g/mol. The molecule has 1 rings (SSSR count). The van der Waals surface area contributed by atoms with Gasteiger partial charge in [0.2, 0.25) is 0 Å². The molecule has 2 unspecified atom stereocenters. The molecule has 3 N–H and O–H groups in total. The third kappa shape index (κ3) is 3.37. The molecular formula is C12H25N3O. The van der Waals surface area contributed by atoms with Crippen molar-refractivity contribution in [1.29, 1.82) is 0 Å². The lowest BCUT2D eigenvalue weighted by molar-refractivity contribution is 0.243. The van der Waals surface area contributed by atoms with E-state index in [1.165, 1.54) is 19.3 Å². The van der Waals surface area contributed by atoms with E-state index in [0.29, 0.717) is 5.84 Å². The molecule has 16 heavy (non-hydrogen) atoms. The number of hydrogen-bond donors (Lipinski definition) is 2. The van der Waals surface area contributed by atoms with Crippen molar-refractivity contribution in [1.82, 2.24) is 4.90 Å². The van der Waals surface area contributed by atoms with Crippen LogP contribution in [0, 0.1) is 11.8 Å². The van der Waals surface area contributed by atoms with Gasteiger partial charge in [-0.3, -0.25) is 4.90 Å². The maximum Gasteiger partial charge on any atom is 0.156 e. The highest BCUT2D eigenvalue weighted by atomic mass is 16.4. The van der Waals surface area contributed by atoms with Gasteiger partial charge in [0.1, 0.15) is 0 Å². The van der Waals surface area contributed by atoms with E-state index in [1.54, 1.807) is 0 Å². The molecule has 0 amide bonds. The summed E-state index contributed by atoms with van der Waals surface area (Å²) in [5.41, 5.74) is 5.65. The van der Waals surface area contributed by atoms with Crippen LogP contribution in [0.4, 0.5) is 0 Å². The van der Waals surface area contributed by atoms with E-state index < -0.39 is 0 Å². The van der Waals surface area contributed by atoms with Gasteiger partial charge in [-0.05, 0) is 51.1 Å². The highest BCUT2D eigenvalue weighted by Crippen LogP contribution is 2.25. The summed E-state index contributed by atoms with van der Waals surface area (Å²) in [7, 11) is 0. The lowest BCUT2D eigenvalue weighted by Crippen LogP contribution is -2.43. The molecule has 0 saturated carbocycles. The summed E-state index contributed by atoms with van der Waals surface area (Å²) in [4.78, 5) is 2.32. The fraction of sp³-hybridized carbons (Fsp3) is 0.917. The van der Waals surface area contributed by atoms with E-state index in [4.69, 9.17) is 10.9 Å². The Bertz CT molecular complexity index is 240. The summed E-state index contributed by atoms with van der Waals surface area (Å²) in [5.74, 6) is 1.91. The summed E-state index contributed by atoms with van der Waals surface area (Å²) in [5, 5.41) is 11.8. The Morgan fingerprint density at radius 1 is 1.31 bits per heavy atom. The van der Waals surface area contributed by atoms with Crippen molar-refractivity contribution >= 4 is 5.84 Å². The van der Waals surface area contributed by atoms with Crippen molar-refractivity contribution < 1.29 is 5.21 Å². The number of nitrogens with two attached hydrogens (primary N) is 1. The minimum Gasteiger partial charge on any atom is -0.409 e. The number of likely N-dealkylation sites (tertiary alicyclic amines) is 1. The van der Waals surface area contributed by atoms with Crippen LogP contribution in [0.25, 0.3) is 0 Å². The first-order valence-corrected chi connectivity index (χ1v) is 6.27. The van der Waals surface area contributed by atoms with Crippen LogP contribution >= 0.6 is 0 Å². The normalized spacial score (nSPS) is 26.8. The first-order valence-electron chi connectivity index (χ1n) is 6.27. The molecule has 0 aromatic heterocycles. The smallest absolute Gasteiger partial charge is 0.156 e. The van der Waals surface area contributed by atoms with Crippen LogP contribution in [-0.2, 0) is 0 Å². The zero-order chi connectivity index (χ0) is 12.1. The summed E-state index contributed by atoms with van der Waals surface area (Å²) >= 11 is 0. The van der Waals surface area contributed by atoms with Gasteiger partial charge in [-0.15, -0.1) is 0 Å². The molecule has 0 aromatic rings. The topological polar surface area (TPSA) is 61.8 Å². The molecule has 4 nitrogen and oxygen atoms in total. The lowest BCUT2D eigenvalue weighted by Gasteiger charge is -2.26. The molecule has 1 aliphatic rings. The molecule has 94 valence electrons. The van der Waals surface area contributed by atoms with Crippen molar-refractivity contribution in [2.24, 2.45) is 22.7 Å². The van der Waals surface area contributed by atoms with Crippen molar-refractivity contribution in [3.8, 4) is 0 Å². The monoisotopic (exact) mass is 227 g/mol. The van der Waals surface area contributed by atoms with Crippen molar-refractivity contribution in [3.63, 3.8) is 0 Å². The molecule has 2 atom stereocenters. The molecule has 0 aliphatic carbocycles. The van der Waals surface area contributed by atoms with E-state index in [1.807, 2.05) is 6.92 Å². The molecule has 0 radical (unpaired) electrons. The van der Waals surface area contributed by atoms with Gasteiger partial charge in [-0.2, -0.15) is 0 Å². The molecule has 0 bridgehead atoms. The highest BCUT2D eigenvalue weighted by molar-refractivity contribution is 5.84. The highest BCUT2D eigenvalue weighted by Gasteiger charge is 2.23. The van der Waals surface area contributed by atoms with E-state index in [2.05, 4.69) is 23.9 Å². The number of oxime groups is 1. The minimum absolute atomic E-state index is 0.0518. The Labute approximate surface area is 98.5 Å². The fourth-order valence-corrected chi connectivity index (χ4v) is 2.47. The van der Waals surface area contributed by atoms with Gasteiger partial charge in [0, 0.05) is 0 Å². The van der Waals surface area contributed by atoms with Crippen molar-refractivity contribution in [2.45, 2.75) is 46.1 Å². The van der Waals surface area contributed by atoms with E-state index in [9.17, 15) is 0 Å². The second-order valence-electron chi connectivity index (χ2n) is 5.17. The second-order valence-corrected chi connectivity index (χ2v) is 5.17. The average Bonchev–Trinajstić information content (AvgIpc) is 2.52. The average molecular weight is 227 g/mol. The van der Waals surface area contributed by atoms with Crippen LogP contribution in [-0.4, -0.2) is 35.1 Å². The van der Waals surface area contributed by atoms with Crippen LogP contribution in [0.1, 0.15) is 40.0 Å². The third-order valence-electron chi connectivity index (χ3n) is 3.84. The van der Waals surface area contributed by atoms with Gasteiger partial charge in [0.15, 0.2) is 5.84 Å².